The van der Waals surface area contributed by atoms with Crippen LogP contribution in [0.5, 0.6) is 0 Å². The number of hydrogen-bond donors (Lipinski definition) is 1. The fourth-order valence-corrected chi connectivity index (χ4v) is 3.06. The molecule has 1 saturated heterocycles. The lowest BCUT2D eigenvalue weighted by Crippen LogP contribution is -2.42. The number of nitrogens with one attached hydrogen (secondary N) is 1. The summed E-state index contributed by atoms with van der Waals surface area (Å²) in [5, 5.41) is 7.03. The Bertz CT molecular complexity index is 493. The summed E-state index contributed by atoms with van der Waals surface area (Å²) >= 11 is 0. The number of carbonyl (C=O) groups excluding carboxylic acids is 1. The van der Waals surface area contributed by atoms with Crippen LogP contribution in [0.4, 0.5) is 0 Å². The van der Waals surface area contributed by atoms with E-state index in [1.807, 2.05) is 0 Å². The molecule has 5 heteroatoms. The van der Waals surface area contributed by atoms with Gasteiger partial charge in [-0.15, -0.1) is 0 Å². The molecule has 1 N–H and O–H groups in total. The quantitative estimate of drug-likeness (QED) is 0.912. The summed E-state index contributed by atoms with van der Waals surface area (Å²) in [7, 11) is 2.10. The van der Waals surface area contributed by atoms with E-state index in [2.05, 4.69) is 36.3 Å². The molecule has 0 spiro atoms. The van der Waals surface area contributed by atoms with Crippen LogP contribution in [0.3, 0.4) is 0 Å². The molecule has 1 aromatic heterocycles. The number of aromatic nitrogens is 1. The van der Waals surface area contributed by atoms with Gasteiger partial charge < -0.3 is 14.7 Å². The van der Waals surface area contributed by atoms with Gasteiger partial charge in [0, 0.05) is 31.1 Å². The molecule has 0 bridgehead atoms. The molecule has 0 aromatic carbocycles. The first-order valence-electron chi connectivity index (χ1n) is 7.50. The molecule has 1 saturated carbocycles. The molecule has 0 radical (unpaired) electrons. The minimum atomic E-state index is -0.105. The number of nitrogens with zero attached hydrogens (tertiary/aromatic N) is 2. The smallest absolute Gasteiger partial charge is 0.273 e. The third-order valence-electron chi connectivity index (χ3n) is 4.46. The Labute approximate surface area is 119 Å². The van der Waals surface area contributed by atoms with Gasteiger partial charge in [-0.2, -0.15) is 0 Å². The van der Waals surface area contributed by atoms with Crippen LogP contribution in [0.15, 0.2) is 10.6 Å². The Morgan fingerprint density at radius 3 is 2.85 bits per heavy atom. The monoisotopic (exact) mass is 277 g/mol. The minimum Gasteiger partial charge on any atom is -0.360 e. The molecule has 1 aliphatic heterocycles. The van der Waals surface area contributed by atoms with E-state index >= 15 is 0 Å². The van der Waals surface area contributed by atoms with E-state index in [1.165, 1.54) is 0 Å². The lowest BCUT2D eigenvalue weighted by atomic mass is 9.91. The highest BCUT2D eigenvalue weighted by Crippen LogP contribution is 2.40. The first-order chi connectivity index (χ1) is 9.54. The Balaban J connectivity index is 1.65. The van der Waals surface area contributed by atoms with Crippen molar-refractivity contribution in [3.8, 4) is 0 Å². The predicted molar refractivity (Wildman–Crippen MR) is 75.6 cm³/mol. The predicted octanol–water partition coefficient (Wildman–Crippen LogP) is 1.87. The maximum absolute atomic E-state index is 12.3. The Hall–Kier alpha value is -1.36. The SMILES string of the molecule is CC(C)C1CN(C)CC1NC(=O)c1cc(C2CC2)on1. The van der Waals surface area contributed by atoms with E-state index in [1.54, 1.807) is 6.07 Å². The summed E-state index contributed by atoms with van der Waals surface area (Å²) in [6.45, 7) is 6.37. The highest BCUT2D eigenvalue weighted by atomic mass is 16.5. The van der Waals surface area contributed by atoms with Crippen LogP contribution in [0.1, 0.15) is 48.9 Å². The molecule has 20 heavy (non-hydrogen) atoms. The number of likely N-dealkylation sites (N-methyl/N-ethyl adjacent to an activating group) is 1. The first kappa shape index (κ1) is 13.6. The normalized spacial score (nSPS) is 27.2. The van der Waals surface area contributed by atoms with Crippen LogP contribution in [0.25, 0.3) is 0 Å². The van der Waals surface area contributed by atoms with Crippen molar-refractivity contribution >= 4 is 5.91 Å². The Morgan fingerprint density at radius 1 is 1.45 bits per heavy atom. The fourth-order valence-electron chi connectivity index (χ4n) is 3.06. The molecule has 110 valence electrons. The van der Waals surface area contributed by atoms with Crippen molar-refractivity contribution in [3.63, 3.8) is 0 Å². The second kappa shape index (κ2) is 5.20. The molecule has 3 rings (SSSR count). The maximum Gasteiger partial charge on any atom is 0.273 e. The molecule has 1 aromatic rings. The molecule has 2 heterocycles. The largest absolute Gasteiger partial charge is 0.360 e. The standard InChI is InChI=1S/C15H23N3O2/c1-9(2)11-7-18(3)8-13(11)16-15(19)12-6-14(20-17-12)10-4-5-10/h6,9-11,13H,4-5,7-8H2,1-3H3,(H,16,19). The molecular formula is C15H23N3O2. The third-order valence-corrected chi connectivity index (χ3v) is 4.46. The van der Waals surface area contributed by atoms with Crippen molar-refractivity contribution in [2.75, 3.05) is 20.1 Å². The number of carbonyl (C=O) groups is 1. The fraction of sp³-hybridized carbons (Fsp3) is 0.733. The maximum atomic E-state index is 12.3. The summed E-state index contributed by atoms with van der Waals surface area (Å²) in [5.74, 6) is 2.30. The summed E-state index contributed by atoms with van der Waals surface area (Å²) in [5.41, 5.74) is 0.420. The van der Waals surface area contributed by atoms with Crippen molar-refractivity contribution in [2.45, 2.75) is 38.6 Å². The van der Waals surface area contributed by atoms with E-state index in [-0.39, 0.29) is 11.9 Å². The lowest BCUT2D eigenvalue weighted by molar-refractivity contribution is 0.0916. The molecule has 2 fully saturated rings. The van der Waals surface area contributed by atoms with Crippen molar-refractivity contribution in [1.29, 1.82) is 0 Å². The third kappa shape index (κ3) is 2.73. The number of rotatable bonds is 4. The van der Waals surface area contributed by atoms with Gasteiger partial charge in [0.1, 0.15) is 5.76 Å². The van der Waals surface area contributed by atoms with Gasteiger partial charge in [0.2, 0.25) is 0 Å². The molecular weight excluding hydrogens is 254 g/mol. The summed E-state index contributed by atoms with van der Waals surface area (Å²) < 4.78 is 5.25. The van der Waals surface area contributed by atoms with Crippen LogP contribution in [-0.2, 0) is 0 Å². The second-order valence-electron chi connectivity index (χ2n) is 6.60. The van der Waals surface area contributed by atoms with Gasteiger partial charge in [-0.25, -0.2) is 0 Å². The van der Waals surface area contributed by atoms with Gasteiger partial charge >= 0.3 is 0 Å². The summed E-state index contributed by atoms with van der Waals surface area (Å²) in [6.07, 6.45) is 2.30. The zero-order valence-corrected chi connectivity index (χ0v) is 12.4. The first-order valence-corrected chi connectivity index (χ1v) is 7.50. The van der Waals surface area contributed by atoms with Crippen LogP contribution < -0.4 is 5.32 Å². The molecule has 1 amide bonds. The van der Waals surface area contributed by atoms with Crippen molar-refractivity contribution in [1.82, 2.24) is 15.4 Å². The van der Waals surface area contributed by atoms with Crippen LogP contribution in [0, 0.1) is 11.8 Å². The number of amides is 1. The Kier molecular flexibility index (Phi) is 3.54. The van der Waals surface area contributed by atoms with Crippen molar-refractivity contribution in [3.05, 3.63) is 17.5 Å². The van der Waals surface area contributed by atoms with Gasteiger partial charge in [0.15, 0.2) is 5.69 Å². The van der Waals surface area contributed by atoms with E-state index in [0.29, 0.717) is 23.4 Å². The van der Waals surface area contributed by atoms with E-state index < -0.39 is 0 Å². The average Bonchev–Trinajstić information content (AvgIpc) is 2.99. The number of likely N-dealkylation sites (tertiary alicyclic amines) is 1. The summed E-state index contributed by atoms with van der Waals surface area (Å²) in [6, 6.07) is 2.00. The second-order valence-corrected chi connectivity index (χ2v) is 6.60. The van der Waals surface area contributed by atoms with Gasteiger partial charge in [0.05, 0.1) is 0 Å². The van der Waals surface area contributed by atoms with E-state index in [9.17, 15) is 4.79 Å². The van der Waals surface area contributed by atoms with Crippen LogP contribution in [0.2, 0.25) is 0 Å². The van der Waals surface area contributed by atoms with E-state index in [4.69, 9.17) is 4.52 Å². The van der Waals surface area contributed by atoms with Crippen LogP contribution in [-0.4, -0.2) is 42.1 Å². The highest BCUT2D eigenvalue weighted by molar-refractivity contribution is 5.92. The highest BCUT2D eigenvalue weighted by Gasteiger charge is 2.35. The molecule has 2 atom stereocenters. The van der Waals surface area contributed by atoms with Gasteiger partial charge in [0.25, 0.3) is 5.91 Å². The molecule has 2 unspecified atom stereocenters. The van der Waals surface area contributed by atoms with Gasteiger partial charge in [-0.05, 0) is 31.7 Å². The molecule has 5 nitrogen and oxygen atoms in total. The minimum absolute atomic E-state index is 0.105. The van der Waals surface area contributed by atoms with Gasteiger partial charge in [-0.1, -0.05) is 19.0 Å². The average molecular weight is 277 g/mol. The topological polar surface area (TPSA) is 58.4 Å². The molecule has 1 aliphatic carbocycles. The van der Waals surface area contributed by atoms with E-state index in [0.717, 1.165) is 31.7 Å². The number of hydrogen-bond acceptors (Lipinski definition) is 4. The summed E-state index contributed by atoms with van der Waals surface area (Å²) in [4.78, 5) is 14.6. The van der Waals surface area contributed by atoms with Crippen LogP contribution >= 0.6 is 0 Å². The zero-order valence-electron chi connectivity index (χ0n) is 12.4. The van der Waals surface area contributed by atoms with Gasteiger partial charge in [-0.3, -0.25) is 4.79 Å². The van der Waals surface area contributed by atoms with Crippen molar-refractivity contribution < 1.29 is 9.32 Å². The lowest BCUT2D eigenvalue weighted by Gasteiger charge is -2.22. The van der Waals surface area contributed by atoms with Crippen molar-refractivity contribution in [2.24, 2.45) is 11.8 Å². The molecule has 2 aliphatic rings. The zero-order chi connectivity index (χ0) is 14.3. The Morgan fingerprint density at radius 2 is 2.20 bits per heavy atom.